The smallest absolute Gasteiger partial charge is 0.257 e. The van der Waals surface area contributed by atoms with Gasteiger partial charge in [0, 0.05) is 35.6 Å². The lowest BCUT2D eigenvalue weighted by atomic mass is 10.2. The van der Waals surface area contributed by atoms with Crippen molar-refractivity contribution in [3.8, 4) is 0 Å². The summed E-state index contributed by atoms with van der Waals surface area (Å²) in [5.74, 6) is -0.364. The molecule has 3 rings (SSSR count). The minimum absolute atomic E-state index is 0.185. The van der Waals surface area contributed by atoms with Crippen molar-refractivity contribution in [1.82, 2.24) is 9.29 Å². The molecule has 1 N–H and O–H groups in total. The van der Waals surface area contributed by atoms with Crippen LogP contribution >= 0.6 is 15.9 Å². The Morgan fingerprint density at radius 2 is 1.96 bits per heavy atom. The van der Waals surface area contributed by atoms with Gasteiger partial charge in [-0.05, 0) is 46.6 Å². The number of amides is 1. The van der Waals surface area contributed by atoms with E-state index in [-0.39, 0.29) is 10.8 Å². The number of anilines is 1. The number of nitrogens with one attached hydrogen (secondary N) is 1. The summed E-state index contributed by atoms with van der Waals surface area (Å²) in [6.07, 6.45) is 3.02. The van der Waals surface area contributed by atoms with Crippen LogP contribution in [0, 0.1) is 6.92 Å². The van der Waals surface area contributed by atoms with Gasteiger partial charge in [-0.2, -0.15) is 4.31 Å². The number of hydrogen-bond acceptors (Lipinski definition) is 5. The van der Waals surface area contributed by atoms with Gasteiger partial charge in [-0.15, -0.1) is 0 Å². The van der Waals surface area contributed by atoms with Gasteiger partial charge < -0.3 is 10.1 Å². The van der Waals surface area contributed by atoms with E-state index in [2.05, 4.69) is 26.2 Å². The highest BCUT2D eigenvalue weighted by molar-refractivity contribution is 9.10. The molecule has 2 heterocycles. The fourth-order valence-electron chi connectivity index (χ4n) is 2.62. The largest absolute Gasteiger partial charge is 0.379 e. The number of carbonyl (C=O) groups excluding carboxylic acids is 1. The first kappa shape index (κ1) is 19.0. The molecule has 26 heavy (non-hydrogen) atoms. The number of aromatic nitrogens is 1. The molecule has 9 heteroatoms. The van der Waals surface area contributed by atoms with Crippen LogP contribution in [-0.4, -0.2) is 49.9 Å². The van der Waals surface area contributed by atoms with Crippen molar-refractivity contribution in [1.29, 1.82) is 0 Å². The van der Waals surface area contributed by atoms with E-state index in [1.54, 1.807) is 31.3 Å². The molecule has 0 saturated carbocycles. The van der Waals surface area contributed by atoms with Crippen LogP contribution in [-0.2, 0) is 14.8 Å². The summed E-state index contributed by atoms with van der Waals surface area (Å²) in [5.41, 5.74) is 1.41. The maximum atomic E-state index is 12.9. The zero-order chi connectivity index (χ0) is 18.7. The summed E-state index contributed by atoms with van der Waals surface area (Å²) in [4.78, 5) is 16.5. The van der Waals surface area contributed by atoms with E-state index in [1.807, 2.05) is 0 Å². The van der Waals surface area contributed by atoms with Gasteiger partial charge in [0.05, 0.1) is 23.7 Å². The molecule has 0 aliphatic carbocycles. The molecule has 0 spiro atoms. The summed E-state index contributed by atoms with van der Waals surface area (Å²) >= 11 is 3.27. The summed E-state index contributed by atoms with van der Waals surface area (Å²) in [6.45, 7) is 3.14. The molecule has 0 unspecified atom stereocenters. The Bertz CT molecular complexity index is 927. The first-order chi connectivity index (χ1) is 12.4. The first-order valence-corrected chi connectivity index (χ1v) is 10.2. The minimum atomic E-state index is -3.64. The van der Waals surface area contributed by atoms with Gasteiger partial charge in [-0.1, -0.05) is 6.07 Å². The second-order valence-corrected chi connectivity index (χ2v) is 8.66. The van der Waals surface area contributed by atoms with Crippen molar-refractivity contribution in [3.05, 3.63) is 52.3 Å². The lowest BCUT2D eigenvalue weighted by Gasteiger charge is -2.26. The number of benzene rings is 1. The van der Waals surface area contributed by atoms with Crippen LogP contribution in [0.1, 0.15) is 15.9 Å². The highest BCUT2D eigenvalue weighted by Gasteiger charge is 2.28. The van der Waals surface area contributed by atoms with Crippen LogP contribution in [0.2, 0.25) is 0 Å². The molecule has 1 amide bonds. The summed E-state index contributed by atoms with van der Waals surface area (Å²) in [5, 5.41) is 2.72. The highest BCUT2D eigenvalue weighted by atomic mass is 79.9. The van der Waals surface area contributed by atoms with Crippen molar-refractivity contribution in [2.24, 2.45) is 0 Å². The molecule has 1 aromatic carbocycles. The Morgan fingerprint density at radius 1 is 1.23 bits per heavy atom. The molecular weight excluding hydrogens is 422 g/mol. The number of ether oxygens (including phenoxy) is 1. The van der Waals surface area contributed by atoms with Gasteiger partial charge in [0.2, 0.25) is 10.0 Å². The number of pyridine rings is 1. The predicted molar refractivity (Wildman–Crippen MR) is 101 cm³/mol. The maximum Gasteiger partial charge on any atom is 0.257 e. The fourth-order valence-corrected chi connectivity index (χ4v) is 4.64. The van der Waals surface area contributed by atoms with Crippen LogP contribution in [0.3, 0.4) is 0 Å². The molecule has 1 fully saturated rings. The summed E-state index contributed by atoms with van der Waals surface area (Å²) < 4.78 is 33.1. The van der Waals surface area contributed by atoms with Gasteiger partial charge in [-0.3, -0.25) is 9.78 Å². The van der Waals surface area contributed by atoms with Crippen molar-refractivity contribution in [2.45, 2.75) is 11.8 Å². The van der Waals surface area contributed by atoms with Gasteiger partial charge in [-0.25, -0.2) is 8.42 Å². The van der Waals surface area contributed by atoms with Gasteiger partial charge >= 0.3 is 0 Å². The van der Waals surface area contributed by atoms with Crippen molar-refractivity contribution < 1.29 is 17.9 Å². The molecule has 0 atom stereocenters. The Balaban J connectivity index is 1.86. The molecule has 0 bridgehead atoms. The molecule has 138 valence electrons. The molecule has 7 nitrogen and oxygen atoms in total. The third kappa shape index (κ3) is 4.12. The number of rotatable bonds is 4. The number of sulfonamides is 1. The molecular formula is C17H18BrN3O4S. The van der Waals surface area contributed by atoms with E-state index in [0.717, 1.165) is 0 Å². The third-order valence-corrected chi connectivity index (χ3v) is 6.48. The van der Waals surface area contributed by atoms with Crippen LogP contribution in [0.15, 0.2) is 46.0 Å². The Hall–Kier alpha value is -1.81. The van der Waals surface area contributed by atoms with Crippen LogP contribution < -0.4 is 5.32 Å². The van der Waals surface area contributed by atoms with Crippen molar-refractivity contribution in [3.63, 3.8) is 0 Å². The molecule has 1 aromatic heterocycles. The molecule has 1 saturated heterocycles. The molecule has 1 aliphatic heterocycles. The summed E-state index contributed by atoms with van der Waals surface area (Å²) in [7, 11) is -3.64. The number of morpholine rings is 1. The lowest BCUT2D eigenvalue weighted by molar-refractivity contribution is 0.0730. The van der Waals surface area contributed by atoms with Gasteiger partial charge in [0.15, 0.2) is 0 Å². The first-order valence-electron chi connectivity index (χ1n) is 7.98. The average Bonchev–Trinajstić information content (AvgIpc) is 2.64. The zero-order valence-corrected chi connectivity index (χ0v) is 16.5. The van der Waals surface area contributed by atoms with E-state index >= 15 is 0 Å². The Labute approximate surface area is 160 Å². The van der Waals surface area contributed by atoms with Gasteiger partial charge in [0.25, 0.3) is 5.91 Å². The van der Waals surface area contributed by atoms with E-state index in [4.69, 9.17) is 4.74 Å². The predicted octanol–water partition coefficient (Wildman–Crippen LogP) is 2.43. The topological polar surface area (TPSA) is 88.6 Å². The standard InChI is InChI=1S/C17H18BrN3O4S/c1-12-2-3-15(20-17(22)13-8-14(18)11-19-10-13)9-16(12)26(23,24)21-4-6-25-7-5-21/h2-3,8-11H,4-7H2,1H3,(H,20,22). The SMILES string of the molecule is Cc1ccc(NC(=O)c2cncc(Br)c2)cc1S(=O)(=O)N1CCOCC1. The van der Waals surface area contributed by atoms with Crippen LogP contribution in [0.25, 0.3) is 0 Å². The summed E-state index contributed by atoms with van der Waals surface area (Å²) in [6, 6.07) is 6.49. The van der Waals surface area contributed by atoms with Crippen LogP contribution in [0.5, 0.6) is 0 Å². The third-order valence-electron chi connectivity index (χ3n) is 4.00. The van der Waals surface area contributed by atoms with E-state index in [1.165, 1.54) is 16.6 Å². The number of hydrogen-bond donors (Lipinski definition) is 1. The van der Waals surface area contributed by atoms with Crippen molar-refractivity contribution >= 4 is 37.5 Å². The average molecular weight is 440 g/mol. The monoisotopic (exact) mass is 439 g/mol. The Morgan fingerprint density at radius 3 is 2.65 bits per heavy atom. The highest BCUT2D eigenvalue weighted by Crippen LogP contribution is 2.25. The Kier molecular flexibility index (Phi) is 5.71. The number of nitrogens with zero attached hydrogens (tertiary/aromatic N) is 2. The lowest BCUT2D eigenvalue weighted by Crippen LogP contribution is -2.40. The normalized spacial score (nSPS) is 15.6. The second kappa shape index (κ2) is 7.83. The fraction of sp³-hybridized carbons (Fsp3) is 0.294. The molecule has 1 aliphatic rings. The van der Waals surface area contributed by atoms with Crippen molar-refractivity contribution in [2.75, 3.05) is 31.6 Å². The van der Waals surface area contributed by atoms with E-state index in [9.17, 15) is 13.2 Å². The molecule has 2 aromatic rings. The van der Waals surface area contributed by atoms with Gasteiger partial charge in [0.1, 0.15) is 0 Å². The number of aryl methyl sites for hydroxylation is 1. The van der Waals surface area contributed by atoms with E-state index < -0.39 is 10.0 Å². The maximum absolute atomic E-state index is 12.9. The number of halogens is 1. The molecule has 0 radical (unpaired) electrons. The van der Waals surface area contributed by atoms with Crippen LogP contribution in [0.4, 0.5) is 5.69 Å². The minimum Gasteiger partial charge on any atom is -0.379 e. The quantitative estimate of drug-likeness (QED) is 0.789. The zero-order valence-electron chi connectivity index (χ0n) is 14.1. The second-order valence-electron chi connectivity index (χ2n) is 5.84. The van der Waals surface area contributed by atoms with E-state index in [0.29, 0.717) is 47.6 Å². The number of carbonyl (C=O) groups is 1.